The van der Waals surface area contributed by atoms with E-state index in [1.165, 1.54) is 6.07 Å². The number of hydrogen-bond donors (Lipinski definition) is 1. The zero-order chi connectivity index (χ0) is 18.7. The molecule has 26 heavy (non-hydrogen) atoms. The quantitative estimate of drug-likeness (QED) is 0.706. The lowest BCUT2D eigenvalue weighted by atomic mass is 10.1. The Morgan fingerprint density at radius 2 is 1.96 bits per heavy atom. The topological polar surface area (TPSA) is 68.5 Å². The molecule has 1 amide bonds. The van der Waals surface area contributed by atoms with E-state index >= 15 is 0 Å². The molecule has 1 heterocycles. The lowest BCUT2D eigenvalue weighted by molar-refractivity contribution is -0.118. The van der Waals surface area contributed by atoms with E-state index in [0.717, 1.165) is 34.2 Å². The van der Waals surface area contributed by atoms with E-state index in [0.29, 0.717) is 11.3 Å². The summed E-state index contributed by atoms with van der Waals surface area (Å²) in [6.07, 6.45) is 0.737. The molecule has 3 rings (SSSR count). The third-order valence-electron chi connectivity index (χ3n) is 4.43. The highest BCUT2D eigenvalue weighted by atomic mass is 16.5. The standard InChI is InChI=1S/C21H21NO4/c1-4-15-10-21(24)26-19-11-16(8-9-17(15)19)25-12-20(23)22-18-7-5-6-13(2)14(18)3/h5-11H,4,12H2,1-3H3,(H,22,23). The van der Waals surface area contributed by atoms with Gasteiger partial charge in [0.15, 0.2) is 6.61 Å². The first-order valence-electron chi connectivity index (χ1n) is 8.53. The van der Waals surface area contributed by atoms with Crippen molar-refractivity contribution in [3.63, 3.8) is 0 Å². The van der Waals surface area contributed by atoms with E-state index in [1.807, 2.05) is 45.0 Å². The Morgan fingerprint density at radius 3 is 2.73 bits per heavy atom. The van der Waals surface area contributed by atoms with Crippen molar-refractivity contribution in [1.29, 1.82) is 0 Å². The molecule has 0 spiro atoms. The molecule has 0 aliphatic carbocycles. The minimum atomic E-state index is -0.390. The Kier molecular flexibility index (Phi) is 5.07. The van der Waals surface area contributed by atoms with Crippen LogP contribution in [0.5, 0.6) is 5.75 Å². The minimum Gasteiger partial charge on any atom is -0.484 e. The molecule has 3 aromatic rings. The molecular formula is C21H21NO4. The van der Waals surface area contributed by atoms with Gasteiger partial charge >= 0.3 is 5.63 Å². The summed E-state index contributed by atoms with van der Waals surface area (Å²) >= 11 is 0. The second-order valence-corrected chi connectivity index (χ2v) is 6.19. The zero-order valence-electron chi connectivity index (χ0n) is 15.1. The van der Waals surface area contributed by atoms with Crippen molar-refractivity contribution in [3.05, 3.63) is 69.6 Å². The number of amides is 1. The summed E-state index contributed by atoms with van der Waals surface area (Å²) < 4.78 is 10.8. The number of benzene rings is 2. The van der Waals surface area contributed by atoms with Crippen LogP contribution >= 0.6 is 0 Å². The van der Waals surface area contributed by atoms with Crippen LogP contribution in [0, 0.1) is 13.8 Å². The maximum absolute atomic E-state index is 12.2. The van der Waals surface area contributed by atoms with Gasteiger partial charge in [0.25, 0.3) is 5.91 Å². The van der Waals surface area contributed by atoms with Gasteiger partial charge in [0.05, 0.1) is 0 Å². The number of aryl methyl sites for hydroxylation is 2. The highest BCUT2D eigenvalue weighted by Crippen LogP contribution is 2.23. The molecule has 134 valence electrons. The number of carbonyl (C=O) groups excluding carboxylic acids is 1. The summed E-state index contributed by atoms with van der Waals surface area (Å²) in [6.45, 7) is 5.81. The van der Waals surface area contributed by atoms with Crippen molar-refractivity contribution in [2.45, 2.75) is 27.2 Å². The van der Waals surface area contributed by atoms with Crippen LogP contribution in [0.2, 0.25) is 0 Å². The molecule has 5 nitrogen and oxygen atoms in total. The molecular weight excluding hydrogens is 330 g/mol. The second kappa shape index (κ2) is 7.44. The van der Waals surface area contributed by atoms with Crippen LogP contribution in [0.15, 0.2) is 51.7 Å². The molecule has 0 saturated carbocycles. The number of fused-ring (bicyclic) bond motifs is 1. The number of carbonyl (C=O) groups is 1. The number of nitrogens with one attached hydrogen (secondary N) is 1. The van der Waals surface area contributed by atoms with Crippen LogP contribution in [0.3, 0.4) is 0 Å². The maximum atomic E-state index is 12.2. The maximum Gasteiger partial charge on any atom is 0.336 e. The Balaban J connectivity index is 1.72. The summed E-state index contributed by atoms with van der Waals surface area (Å²) in [5, 5.41) is 3.72. The molecule has 0 aliphatic heterocycles. The van der Waals surface area contributed by atoms with E-state index in [1.54, 1.807) is 12.1 Å². The van der Waals surface area contributed by atoms with Gasteiger partial charge in [0.2, 0.25) is 0 Å². The Labute approximate surface area is 151 Å². The zero-order valence-corrected chi connectivity index (χ0v) is 15.1. The SMILES string of the molecule is CCc1cc(=O)oc2cc(OCC(=O)Nc3cccc(C)c3C)ccc12. The second-order valence-electron chi connectivity index (χ2n) is 6.19. The van der Waals surface area contributed by atoms with Crippen LogP contribution < -0.4 is 15.7 Å². The van der Waals surface area contributed by atoms with Crippen molar-refractivity contribution < 1.29 is 13.9 Å². The Bertz CT molecular complexity index is 1020. The van der Waals surface area contributed by atoms with Crippen molar-refractivity contribution in [1.82, 2.24) is 0 Å². The first kappa shape index (κ1) is 17.7. The molecule has 1 N–H and O–H groups in total. The highest BCUT2D eigenvalue weighted by Gasteiger charge is 2.09. The fourth-order valence-electron chi connectivity index (χ4n) is 2.81. The molecule has 1 aromatic heterocycles. The minimum absolute atomic E-state index is 0.128. The summed E-state index contributed by atoms with van der Waals surface area (Å²) in [7, 11) is 0. The van der Waals surface area contributed by atoms with Gasteiger partial charge in [-0.25, -0.2) is 4.79 Å². The predicted molar refractivity (Wildman–Crippen MR) is 102 cm³/mol. The van der Waals surface area contributed by atoms with Gasteiger partial charge in [-0.1, -0.05) is 19.1 Å². The lowest BCUT2D eigenvalue weighted by Crippen LogP contribution is -2.20. The van der Waals surface area contributed by atoms with Gasteiger partial charge in [0.1, 0.15) is 11.3 Å². The smallest absolute Gasteiger partial charge is 0.336 e. The van der Waals surface area contributed by atoms with Gasteiger partial charge < -0.3 is 14.5 Å². The molecule has 0 atom stereocenters. The van der Waals surface area contributed by atoms with Crippen molar-refractivity contribution in [2.75, 3.05) is 11.9 Å². The third kappa shape index (κ3) is 3.77. The fourth-order valence-corrected chi connectivity index (χ4v) is 2.81. The van der Waals surface area contributed by atoms with Crippen LogP contribution in [-0.2, 0) is 11.2 Å². The normalized spacial score (nSPS) is 10.7. The summed E-state index contributed by atoms with van der Waals surface area (Å²) in [6, 6.07) is 12.5. The average Bonchev–Trinajstić information content (AvgIpc) is 2.62. The van der Waals surface area contributed by atoms with Gasteiger partial charge in [-0.05, 0) is 55.2 Å². The fraction of sp³-hybridized carbons (Fsp3) is 0.238. The molecule has 0 unspecified atom stereocenters. The molecule has 0 fully saturated rings. The van der Waals surface area contributed by atoms with Crippen molar-refractivity contribution in [2.24, 2.45) is 0 Å². The summed E-state index contributed by atoms with van der Waals surface area (Å²) in [5.41, 5.74) is 3.91. The number of hydrogen-bond acceptors (Lipinski definition) is 4. The average molecular weight is 351 g/mol. The van der Waals surface area contributed by atoms with E-state index in [4.69, 9.17) is 9.15 Å². The Morgan fingerprint density at radius 1 is 1.15 bits per heavy atom. The summed E-state index contributed by atoms with van der Waals surface area (Å²) in [5.74, 6) is 0.229. The summed E-state index contributed by atoms with van der Waals surface area (Å²) in [4.78, 5) is 23.8. The van der Waals surface area contributed by atoms with Gasteiger partial charge in [-0.2, -0.15) is 0 Å². The molecule has 5 heteroatoms. The van der Waals surface area contributed by atoms with Crippen molar-refractivity contribution in [3.8, 4) is 5.75 Å². The largest absolute Gasteiger partial charge is 0.484 e. The molecule has 2 aromatic carbocycles. The van der Waals surface area contributed by atoms with Crippen LogP contribution in [-0.4, -0.2) is 12.5 Å². The van der Waals surface area contributed by atoms with E-state index < -0.39 is 0 Å². The molecule has 0 bridgehead atoms. The number of ether oxygens (including phenoxy) is 1. The number of rotatable bonds is 5. The van der Waals surface area contributed by atoms with Crippen LogP contribution in [0.4, 0.5) is 5.69 Å². The number of anilines is 1. The van der Waals surface area contributed by atoms with Crippen molar-refractivity contribution >= 4 is 22.6 Å². The van der Waals surface area contributed by atoms with E-state index in [-0.39, 0.29) is 18.1 Å². The van der Waals surface area contributed by atoms with E-state index in [2.05, 4.69) is 5.32 Å². The first-order valence-corrected chi connectivity index (χ1v) is 8.53. The van der Waals surface area contributed by atoms with Crippen LogP contribution in [0.25, 0.3) is 11.0 Å². The van der Waals surface area contributed by atoms with Gasteiger partial charge in [-0.3, -0.25) is 4.79 Å². The molecule has 0 saturated heterocycles. The highest BCUT2D eigenvalue weighted by molar-refractivity contribution is 5.92. The first-order chi connectivity index (χ1) is 12.5. The Hall–Kier alpha value is -3.08. The van der Waals surface area contributed by atoms with E-state index in [9.17, 15) is 9.59 Å². The van der Waals surface area contributed by atoms with Gasteiger partial charge in [0, 0.05) is 23.2 Å². The lowest BCUT2D eigenvalue weighted by Gasteiger charge is -2.11. The predicted octanol–water partition coefficient (Wildman–Crippen LogP) is 3.99. The monoisotopic (exact) mass is 351 g/mol. The molecule has 0 aliphatic rings. The third-order valence-corrected chi connectivity index (χ3v) is 4.43. The van der Waals surface area contributed by atoms with Crippen LogP contribution in [0.1, 0.15) is 23.6 Å². The molecule has 0 radical (unpaired) electrons. The van der Waals surface area contributed by atoms with Gasteiger partial charge in [-0.15, -0.1) is 0 Å².